The standard InChI is InChI=1S/C19H18ClN5OS/c1-3-11-25-17(14-7-9-21-10-8-14)23-24-19(25)27-13(2)18(26)22-16-6-4-5-15(20)12-16/h3-10,12-13H,1,11H2,2H3,(H,22,26)/t13-/m0/s1. The second-order valence-corrected chi connectivity index (χ2v) is 7.45. The van der Waals surface area contributed by atoms with E-state index in [2.05, 4.69) is 27.1 Å². The maximum Gasteiger partial charge on any atom is 0.237 e. The Balaban J connectivity index is 1.77. The van der Waals surface area contributed by atoms with Gasteiger partial charge >= 0.3 is 0 Å². The lowest BCUT2D eigenvalue weighted by atomic mass is 10.2. The van der Waals surface area contributed by atoms with Gasteiger partial charge < -0.3 is 5.32 Å². The molecule has 27 heavy (non-hydrogen) atoms. The summed E-state index contributed by atoms with van der Waals surface area (Å²) in [6, 6.07) is 10.8. The fourth-order valence-corrected chi connectivity index (χ4v) is 3.45. The molecule has 138 valence electrons. The van der Waals surface area contributed by atoms with Crippen molar-refractivity contribution in [2.24, 2.45) is 0 Å². The number of aromatic nitrogens is 4. The van der Waals surface area contributed by atoms with Crippen molar-refractivity contribution in [3.05, 3.63) is 66.5 Å². The zero-order valence-corrected chi connectivity index (χ0v) is 16.2. The minimum absolute atomic E-state index is 0.138. The summed E-state index contributed by atoms with van der Waals surface area (Å²) < 4.78 is 1.93. The molecule has 3 rings (SSSR count). The molecular weight excluding hydrogens is 382 g/mol. The minimum Gasteiger partial charge on any atom is -0.325 e. The first-order valence-electron chi connectivity index (χ1n) is 8.26. The molecule has 2 heterocycles. The number of carbonyl (C=O) groups is 1. The highest BCUT2D eigenvalue weighted by molar-refractivity contribution is 8.00. The average Bonchev–Trinajstić information content (AvgIpc) is 3.05. The van der Waals surface area contributed by atoms with Crippen molar-refractivity contribution in [2.75, 3.05) is 5.32 Å². The molecule has 0 bridgehead atoms. The van der Waals surface area contributed by atoms with Crippen molar-refractivity contribution in [1.29, 1.82) is 0 Å². The third-order valence-corrected chi connectivity index (χ3v) is 5.03. The highest BCUT2D eigenvalue weighted by Crippen LogP contribution is 2.27. The predicted octanol–water partition coefficient (Wildman–Crippen LogP) is 4.30. The average molecular weight is 400 g/mol. The van der Waals surface area contributed by atoms with E-state index in [1.165, 1.54) is 11.8 Å². The van der Waals surface area contributed by atoms with E-state index in [1.54, 1.807) is 42.7 Å². The van der Waals surface area contributed by atoms with Gasteiger partial charge in [-0.1, -0.05) is 35.5 Å². The van der Waals surface area contributed by atoms with Crippen LogP contribution in [-0.4, -0.2) is 30.9 Å². The zero-order chi connectivity index (χ0) is 19.2. The van der Waals surface area contributed by atoms with Crippen LogP contribution in [0.5, 0.6) is 0 Å². The second-order valence-electron chi connectivity index (χ2n) is 5.70. The summed E-state index contributed by atoms with van der Waals surface area (Å²) in [5.74, 6) is 0.572. The van der Waals surface area contributed by atoms with E-state index in [9.17, 15) is 4.79 Å². The fourth-order valence-electron chi connectivity index (χ4n) is 2.41. The van der Waals surface area contributed by atoms with E-state index < -0.39 is 0 Å². The molecule has 1 amide bonds. The van der Waals surface area contributed by atoms with E-state index >= 15 is 0 Å². The monoisotopic (exact) mass is 399 g/mol. The van der Waals surface area contributed by atoms with Gasteiger partial charge in [0.1, 0.15) is 0 Å². The van der Waals surface area contributed by atoms with Crippen LogP contribution in [0.2, 0.25) is 5.02 Å². The van der Waals surface area contributed by atoms with Crippen LogP contribution in [0.15, 0.2) is 66.6 Å². The molecule has 0 fully saturated rings. The molecule has 1 atom stereocenters. The van der Waals surface area contributed by atoms with E-state index in [1.807, 2.05) is 23.6 Å². The van der Waals surface area contributed by atoms with Gasteiger partial charge in [-0.3, -0.25) is 14.3 Å². The highest BCUT2D eigenvalue weighted by atomic mass is 35.5. The smallest absolute Gasteiger partial charge is 0.237 e. The van der Waals surface area contributed by atoms with E-state index in [0.717, 1.165) is 5.56 Å². The van der Waals surface area contributed by atoms with Gasteiger partial charge in [0.2, 0.25) is 5.91 Å². The maximum atomic E-state index is 12.5. The summed E-state index contributed by atoms with van der Waals surface area (Å²) in [4.78, 5) is 16.5. The van der Waals surface area contributed by atoms with Crippen LogP contribution in [0, 0.1) is 0 Å². The fraction of sp³-hybridized carbons (Fsp3) is 0.158. The lowest BCUT2D eigenvalue weighted by Gasteiger charge is -2.13. The zero-order valence-electron chi connectivity index (χ0n) is 14.7. The molecule has 8 heteroatoms. The molecule has 2 aromatic heterocycles. The minimum atomic E-state index is -0.373. The Bertz CT molecular complexity index is 944. The molecule has 0 saturated carbocycles. The summed E-state index contributed by atoms with van der Waals surface area (Å²) in [6.07, 6.45) is 5.18. The van der Waals surface area contributed by atoms with Crippen LogP contribution in [0.3, 0.4) is 0 Å². The number of amides is 1. The van der Waals surface area contributed by atoms with Gasteiger partial charge in [-0.15, -0.1) is 16.8 Å². The molecule has 0 unspecified atom stereocenters. The summed E-state index contributed by atoms with van der Waals surface area (Å²) in [7, 11) is 0. The SMILES string of the molecule is C=CCn1c(S[C@@H](C)C(=O)Nc2cccc(Cl)c2)nnc1-c1ccncc1. The van der Waals surface area contributed by atoms with E-state index in [4.69, 9.17) is 11.6 Å². The van der Waals surface area contributed by atoms with Crippen LogP contribution in [-0.2, 0) is 11.3 Å². The maximum absolute atomic E-state index is 12.5. The molecule has 0 radical (unpaired) electrons. The van der Waals surface area contributed by atoms with Gasteiger partial charge in [0, 0.05) is 35.2 Å². The van der Waals surface area contributed by atoms with Crippen molar-refractivity contribution in [2.45, 2.75) is 23.9 Å². The molecule has 0 aliphatic carbocycles. The summed E-state index contributed by atoms with van der Waals surface area (Å²) in [6.45, 7) is 6.16. The number of anilines is 1. The van der Waals surface area contributed by atoms with Crippen LogP contribution in [0.25, 0.3) is 11.4 Å². The number of hydrogen-bond acceptors (Lipinski definition) is 5. The van der Waals surface area contributed by atoms with Crippen LogP contribution in [0.1, 0.15) is 6.92 Å². The highest BCUT2D eigenvalue weighted by Gasteiger charge is 2.20. The Morgan fingerprint density at radius 3 is 2.81 bits per heavy atom. The first kappa shape index (κ1) is 19.1. The number of hydrogen-bond donors (Lipinski definition) is 1. The summed E-state index contributed by atoms with van der Waals surface area (Å²) >= 11 is 7.30. The molecule has 0 spiro atoms. The van der Waals surface area contributed by atoms with Crippen LogP contribution in [0.4, 0.5) is 5.69 Å². The van der Waals surface area contributed by atoms with Crippen molar-refractivity contribution < 1.29 is 4.79 Å². The van der Waals surface area contributed by atoms with Gasteiger partial charge in [0.05, 0.1) is 5.25 Å². The molecular formula is C19H18ClN5OS. The first-order valence-corrected chi connectivity index (χ1v) is 9.52. The van der Waals surface area contributed by atoms with Crippen molar-refractivity contribution in [1.82, 2.24) is 19.7 Å². The normalized spacial score (nSPS) is 11.8. The van der Waals surface area contributed by atoms with Gasteiger partial charge in [-0.25, -0.2) is 0 Å². The third-order valence-electron chi connectivity index (χ3n) is 3.71. The van der Waals surface area contributed by atoms with Crippen LogP contribution >= 0.6 is 23.4 Å². The summed E-state index contributed by atoms with van der Waals surface area (Å²) in [5, 5.41) is 12.2. The van der Waals surface area contributed by atoms with Gasteiger partial charge in [-0.05, 0) is 37.3 Å². The predicted molar refractivity (Wildman–Crippen MR) is 109 cm³/mol. The van der Waals surface area contributed by atoms with Gasteiger partial charge in [-0.2, -0.15) is 0 Å². The Kier molecular flexibility index (Phi) is 6.26. The number of benzene rings is 1. The van der Waals surface area contributed by atoms with Crippen molar-refractivity contribution in [3.8, 4) is 11.4 Å². The molecule has 1 N–H and O–H groups in total. The number of halogens is 1. The third kappa shape index (κ3) is 4.75. The number of thioether (sulfide) groups is 1. The number of rotatable bonds is 7. The largest absolute Gasteiger partial charge is 0.325 e. The number of carbonyl (C=O) groups excluding carboxylic acids is 1. The van der Waals surface area contributed by atoms with Gasteiger partial charge in [0.25, 0.3) is 0 Å². The quantitative estimate of drug-likeness (QED) is 0.473. The van der Waals surface area contributed by atoms with Crippen molar-refractivity contribution in [3.63, 3.8) is 0 Å². The van der Waals surface area contributed by atoms with E-state index in [-0.39, 0.29) is 11.2 Å². The molecule has 3 aromatic rings. The Morgan fingerprint density at radius 1 is 1.33 bits per heavy atom. The lowest BCUT2D eigenvalue weighted by Crippen LogP contribution is -2.23. The Morgan fingerprint density at radius 2 is 2.11 bits per heavy atom. The molecule has 0 aliphatic heterocycles. The molecule has 0 saturated heterocycles. The number of allylic oxidation sites excluding steroid dienone is 1. The van der Waals surface area contributed by atoms with Crippen LogP contribution < -0.4 is 5.32 Å². The Hall–Kier alpha value is -2.64. The number of nitrogens with zero attached hydrogens (tertiary/aromatic N) is 4. The molecule has 1 aromatic carbocycles. The van der Waals surface area contributed by atoms with Gasteiger partial charge in [0.15, 0.2) is 11.0 Å². The molecule has 0 aliphatic rings. The Labute approximate surface area is 166 Å². The number of pyridine rings is 1. The topological polar surface area (TPSA) is 72.7 Å². The van der Waals surface area contributed by atoms with Crippen molar-refractivity contribution >= 4 is 35.0 Å². The molecule has 6 nitrogen and oxygen atoms in total. The second kappa shape index (κ2) is 8.83. The first-order chi connectivity index (χ1) is 13.1. The van der Waals surface area contributed by atoms with E-state index in [0.29, 0.717) is 28.2 Å². The lowest BCUT2D eigenvalue weighted by molar-refractivity contribution is -0.115. The number of nitrogens with one attached hydrogen (secondary N) is 1. The summed E-state index contributed by atoms with van der Waals surface area (Å²) in [5.41, 5.74) is 1.56.